The minimum absolute atomic E-state index is 0.0691. The van der Waals surface area contributed by atoms with Gasteiger partial charge >= 0.3 is 6.03 Å². The molecule has 2 heterocycles. The lowest BCUT2D eigenvalue weighted by Gasteiger charge is -2.21. The number of nitrogens with one attached hydrogen (secondary N) is 1. The van der Waals surface area contributed by atoms with E-state index in [9.17, 15) is 13.2 Å². The van der Waals surface area contributed by atoms with Gasteiger partial charge < -0.3 is 10.2 Å². The molecule has 0 bridgehead atoms. The molecule has 7 nitrogen and oxygen atoms in total. The van der Waals surface area contributed by atoms with Gasteiger partial charge in [-0.3, -0.25) is 4.68 Å². The van der Waals surface area contributed by atoms with Gasteiger partial charge in [0.1, 0.15) is 0 Å². The second kappa shape index (κ2) is 10.3. The van der Waals surface area contributed by atoms with E-state index in [2.05, 4.69) is 54.2 Å². The lowest BCUT2D eigenvalue weighted by molar-refractivity contribution is 0.207. The molecule has 1 aliphatic heterocycles. The third-order valence-electron chi connectivity index (χ3n) is 7.59. The van der Waals surface area contributed by atoms with Crippen LogP contribution >= 0.6 is 0 Å². The average molecular weight is 521 g/mol. The highest BCUT2D eigenvalue weighted by Crippen LogP contribution is 2.44. The van der Waals surface area contributed by atoms with E-state index in [0.717, 1.165) is 5.56 Å². The molecular weight excluding hydrogens is 484 g/mol. The average Bonchev–Trinajstić information content (AvgIpc) is 3.50. The smallest absolute Gasteiger partial charge is 0.317 e. The highest BCUT2D eigenvalue weighted by atomic mass is 32.2. The van der Waals surface area contributed by atoms with E-state index < -0.39 is 9.84 Å². The monoisotopic (exact) mass is 520 g/mol. The third-order valence-corrected chi connectivity index (χ3v) is 9.34. The van der Waals surface area contributed by atoms with E-state index in [1.54, 1.807) is 31.2 Å². The molecular formula is C29H36N4O3S. The number of hydrogen-bond acceptors (Lipinski definition) is 4. The SMILES string of the molecule is CCS(=O)(=O)c1ccc(CNC(=O)N2CC(c3ccccc3)C(c3cc(C4CC4)nn3C(C)C)C2)cc1. The van der Waals surface area contributed by atoms with Gasteiger partial charge in [-0.1, -0.05) is 49.4 Å². The van der Waals surface area contributed by atoms with Crippen LogP contribution in [0.1, 0.15) is 79.9 Å². The van der Waals surface area contributed by atoms with Crippen LogP contribution in [-0.2, 0) is 16.4 Å². The van der Waals surface area contributed by atoms with E-state index >= 15 is 0 Å². The maximum Gasteiger partial charge on any atom is 0.317 e. The van der Waals surface area contributed by atoms with Gasteiger partial charge in [0, 0.05) is 49.1 Å². The number of carbonyl (C=O) groups excluding carboxylic acids is 1. The molecule has 2 fully saturated rings. The van der Waals surface area contributed by atoms with Gasteiger partial charge in [0.15, 0.2) is 9.84 Å². The molecule has 1 aromatic heterocycles. The highest BCUT2D eigenvalue weighted by molar-refractivity contribution is 7.91. The van der Waals surface area contributed by atoms with Crippen molar-refractivity contribution in [1.82, 2.24) is 20.0 Å². The number of amides is 2. The van der Waals surface area contributed by atoms with Gasteiger partial charge in [-0.15, -0.1) is 0 Å². The van der Waals surface area contributed by atoms with Crippen molar-refractivity contribution >= 4 is 15.9 Å². The standard InChI is InChI=1S/C29H36N4O3S/c1-4-37(35,36)24-14-10-21(11-15-24)17-30-29(34)32-18-25(22-8-6-5-7-9-22)26(19-32)28-16-27(23-12-13-23)31-33(28)20(2)3/h5-11,14-16,20,23,25-26H,4,12-13,17-19H2,1-3H3,(H,30,34). The summed E-state index contributed by atoms with van der Waals surface area (Å²) in [6.07, 6.45) is 2.42. The Balaban J connectivity index is 1.34. The van der Waals surface area contributed by atoms with Crippen molar-refractivity contribution in [1.29, 1.82) is 0 Å². The van der Waals surface area contributed by atoms with Crippen molar-refractivity contribution in [2.75, 3.05) is 18.8 Å². The lowest BCUT2D eigenvalue weighted by Crippen LogP contribution is -2.38. The Morgan fingerprint density at radius 3 is 2.32 bits per heavy atom. The van der Waals surface area contributed by atoms with E-state index in [0.29, 0.717) is 30.4 Å². The number of carbonyl (C=O) groups is 1. The van der Waals surface area contributed by atoms with Crippen molar-refractivity contribution in [3.8, 4) is 0 Å². The van der Waals surface area contributed by atoms with E-state index in [4.69, 9.17) is 5.10 Å². The molecule has 2 aromatic carbocycles. The van der Waals surface area contributed by atoms with E-state index in [-0.39, 0.29) is 29.7 Å². The van der Waals surface area contributed by atoms with Crippen molar-refractivity contribution in [3.05, 3.63) is 83.2 Å². The summed E-state index contributed by atoms with van der Waals surface area (Å²) >= 11 is 0. The molecule has 2 unspecified atom stereocenters. The number of rotatable bonds is 8. The molecule has 1 N–H and O–H groups in total. The summed E-state index contributed by atoms with van der Waals surface area (Å²) in [6, 6.07) is 19.7. The molecule has 0 spiro atoms. The predicted octanol–water partition coefficient (Wildman–Crippen LogP) is 5.23. The van der Waals surface area contributed by atoms with Crippen LogP contribution in [0.15, 0.2) is 65.6 Å². The first-order valence-electron chi connectivity index (χ1n) is 13.3. The molecule has 8 heteroatoms. The molecule has 3 aromatic rings. The number of aromatic nitrogens is 2. The Labute approximate surface area is 219 Å². The van der Waals surface area contributed by atoms with Crippen LogP contribution in [0.4, 0.5) is 4.79 Å². The minimum Gasteiger partial charge on any atom is -0.334 e. The van der Waals surface area contributed by atoms with Crippen molar-refractivity contribution < 1.29 is 13.2 Å². The Kier molecular flexibility index (Phi) is 7.12. The van der Waals surface area contributed by atoms with Crippen molar-refractivity contribution in [2.45, 2.75) is 68.8 Å². The van der Waals surface area contributed by atoms with Crippen LogP contribution in [0.5, 0.6) is 0 Å². The fourth-order valence-electron chi connectivity index (χ4n) is 5.28. The Hall–Kier alpha value is -3.13. The normalized spacial score (nSPS) is 19.9. The van der Waals surface area contributed by atoms with Gasteiger partial charge in [0.05, 0.1) is 16.3 Å². The van der Waals surface area contributed by atoms with Crippen LogP contribution in [0.3, 0.4) is 0 Å². The Morgan fingerprint density at radius 1 is 1.03 bits per heavy atom. The Morgan fingerprint density at radius 2 is 1.70 bits per heavy atom. The number of likely N-dealkylation sites (tertiary alicyclic amines) is 1. The fraction of sp³-hybridized carbons (Fsp3) is 0.448. The first kappa shape index (κ1) is 25.5. The number of sulfone groups is 1. The molecule has 1 saturated carbocycles. The molecule has 1 saturated heterocycles. The maximum atomic E-state index is 13.3. The van der Waals surface area contributed by atoms with Crippen LogP contribution in [0.25, 0.3) is 0 Å². The molecule has 2 amide bonds. The topological polar surface area (TPSA) is 84.3 Å². The zero-order valence-electron chi connectivity index (χ0n) is 21.8. The minimum atomic E-state index is -3.24. The van der Waals surface area contributed by atoms with Crippen LogP contribution in [0, 0.1) is 0 Å². The summed E-state index contributed by atoms with van der Waals surface area (Å²) in [5.74, 6) is 0.994. The van der Waals surface area contributed by atoms with Gasteiger partial charge in [0.2, 0.25) is 0 Å². The summed E-state index contributed by atoms with van der Waals surface area (Å²) < 4.78 is 26.3. The molecule has 0 radical (unpaired) electrons. The van der Waals surface area contributed by atoms with Crippen LogP contribution in [-0.4, -0.2) is 48.0 Å². The summed E-state index contributed by atoms with van der Waals surface area (Å²) in [5, 5.41) is 8.02. The zero-order valence-corrected chi connectivity index (χ0v) is 22.6. The molecule has 196 valence electrons. The zero-order chi connectivity index (χ0) is 26.2. The van der Waals surface area contributed by atoms with Crippen LogP contribution in [0.2, 0.25) is 0 Å². The van der Waals surface area contributed by atoms with Gasteiger partial charge in [-0.25, -0.2) is 13.2 Å². The second-order valence-corrected chi connectivity index (χ2v) is 12.8. The molecule has 2 aliphatic rings. The van der Waals surface area contributed by atoms with E-state index in [1.165, 1.54) is 29.8 Å². The molecule has 5 rings (SSSR count). The van der Waals surface area contributed by atoms with Crippen molar-refractivity contribution in [3.63, 3.8) is 0 Å². The van der Waals surface area contributed by atoms with Crippen LogP contribution < -0.4 is 5.32 Å². The van der Waals surface area contributed by atoms with Gasteiger partial charge in [-0.05, 0) is 56.0 Å². The number of hydrogen-bond donors (Lipinski definition) is 1. The number of urea groups is 1. The maximum absolute atomic E-state index is 13.3. The predicted molar refractivity (Wildman–Crippen MR) is 144 cm³/mol. The third kappa shape index (κ3) is 5.44. The molecule has 1 aliphatic carbocycles. The highest BCUT2D eigenvalue weighted by Gasteiger charge is 2.40. The Bertz CT molecular complexity index is 1350. The van der Waals surface area contributed by atoms with E-state index in [1.807, 2.05) is 11.0 Å². The molecule has 37 heavy (non-hydrogen) atoms. The summed E-state index contributed by atoms with van der Waals surface area (Å²) in [6.45, 7) is 7.58. The fourth-order valence-corrected chi connectivity index (χ4v) is 6.16. The lowest BCUT2D eigenvalue weighted by atomic mass is 9.86. The quantitative estimate of drug-likeness (QED) is 0.441. The number of benzene rings is 2. The summed E-state index contributed by atoms with van der Waals surface area (Å²) in [4.78, 5) is 15.5. The molecule has 2 atom stereocenters. The summed E-state index contributed by atoms with van der Waals surface area (Å²) in [7, 11) is -3.24. The van der Waals surface area contributed by atoms with Gasteiger partial charge in [0.25, 0.3) is 0 Å². The van der Waals surface area contributed by atoms with Gasteiger partial charge in [-0.2, -0.15) is 5.10 Å². The van der Waals surface area contributed by atoms with Crippen molar-refractivity contribution in [2.24, 2.45) is 0 Å². The largest absolute Gasteiger partial charge is 0.334 e. The second-order valence-electron chi connectivity index (χ2n) is 10.5. The first-order chi connectivity index (χ1) is 17.8. The number of nitrogens with zero attached hydrogens (tertiary/aromatic N) is 3. The summed E-state index contributed by atoms with van der Waals surface area (Å²) in [5.41, 5.74) is 4.51. The first-order valence-corrected chi connectivity index (χ1v) is 14.9.